The van der Waals surface area contributed by atoms with Gasteiger partial charge in [0.25, 0.3) is 0 Å². The average Bonchev–Trinajstić information content (AvgIpc) is 2.95. The number of halogens is 2. The molecule has 0 spiro atoms. The molecule has 2 aromatic heterocycles. The summed E-state index contributed by atoms with van der Waals surface area (Å²) in [5, 5.41) is 0.131. The molecule has 3 nitrogen and oxygen atoms in total. The summed E-state index contributed by atoms with van der Waals surface area (Å²) in [5.74, 6) is 5.34. The van der Waals surface area contributed by atoms with Crippen LogP contribution >= 0.6 is 22.9 Å². The molecule has 22 heavy (non-hydrogen) atoms. The Bertz CT molecular complexity index is 716. The minimum atomic E-state index is -0.447. The topological polar surface area (TPSA) is 25.4 Å². The summed E-state index contributed by atoms with van der Waals surface area (Å²) < 4.78 is 19.0. The van der Waals surface area contributed by atoms with Crippen molar-refractivity contribution in [3.63, 3.8) is 0 Å². The van der Waals surface area contributed by atoms with Crippen molar-refractivity contribution in [1.29, 1.82) is 0 Å². The minimum absolute atomic E-state index is 0.131. The first-order chi connectivity index (χ1) is 10.7. The van der Waals surface area contributed by atoms with Crippen LogP contribution in [0, 0.1) is 17.7 Å². The summed E-state index contributed by atoms with van der Waals surface area (Å²) in [6.07, 6.45) is 1.35. The highest BCUT2D eigenvalue weighted by Gasteiger charge is 2.11. The van der Waals surface area contributed by atoms with Crippen LogP contribution in [0.4, 0.5) is 4.39 Å². The second-order valence-corrected chi connectivity index (χ2v) is 6.45. The van der Waals surface area contributed by atoms with Crippen molar-refractivity contribution in [2.24, 2.45) is 0 Å². The van der Waals surface area contributed by atoms with Gasteiger partial charge in [-0.15, -0.1) is 11.3 Å². The Kier molecular flexibility index (Phi) is 5.06. The highest BCUT2D eigenvalue weighted by Crippen LogP contribution is 2.18. The molecule has 2 aromatic rings. The fraction of sp³-hybridized carbons (Fsp3) is 0.312. The molecule has 0 bridgehead atoms. The zero-order chi connectivity index (χ0) is 15.4. The van der Waals surface area contributed by atoms with E-state index in [1.807, 2.05) is 6.07 Å². The number of nitrogens with zero attached hydrogens (tertiary/aromatic N) is 2. The third-order valence-corrected chi connectivity index (χ3v) is 4.48. The SMILES string of the molecule is Fc1cc(Cl)ncc1C#Cc1ccc(CN2CCOCC2)s1. The molecule has 0 aliphatic carbocycles. The lowest BCUT2D eigenvalue weighted by atomic mass is 10.2. The van der Waals surface area contributed by atoms with E-state index in [1.54, 1.807) is 11.3 Å². The third kappa shape index (κ3) is 4.05. The lowest BCUT2D eigenvalue weighted by molar-refractivity contribution is 0.0346. The van der Waals surface area contributed by atoms with Gasteiger partial charge in [0.2, 0.25) is 0 Å². The van der Waals surface area contributed by atoms with Crippen molar-refractivity contribution in [3.8, 4) is 11.8 Å². The summed E-state index contributed by atoms with van der Waals surface area (Å²) in [5.41, 5.74) is 0.257. The first-order valence-electron chi connectivity index (χ1n) is 6.92. The molecule has 114 valence electrons. The number of hydrogen-bond acceptors (Lipinski definition) is 4. The van der Waals surface area contributed by atoms with Crippen LogP contribution in [0.5, 0.6) is 0 Å². The van der Waals surface area contributed by atoms with Gasteiger partial charge in [-0.25, -0.2) is 9.37 Å². The van der Waals surface area contributed by atoms with Gasteiger partial charge in [0.05, 0.1) is 23.7 Å². The van der Waals surface area contributed by atoms with Gasteiger partial charge in [-0.3, -0.25) is 4.90 Å². The van der Waals surface area contributed by atoms with Crippen molar-refractivity contribution in [2.75, 3.05) is 26.3 Å². The van der Waals surface area contributed by atoms with Crippen molar-refractivity contribution in [1.82, 2.24) is 9.88 Å². The molecule has 1 aliphatic heterocycles. The fourth-order valence-electron chi connectivity index (χ4n) is 2.14. The van der Waals surface area contributed by atoms with Crippen LogP contribution in [-0.2, 0) is 11.3 Å². The van der Waals surface area contributed by atoms with Crippen LogP contribution in [0.1, 0.15) is 15.3 Å². The first-order valence-corrected chi connectivity index (χ1v) is 8.12. The molecular weight excluding hydrogens is 323 g/mol. The van der Waals surface area contributed by atoms with Gasteiger partial charge >= 0.3 is 0 Å². The summed E-state index contributed by atoms with van der Waals surface area (Å²) in [7, 11) is 0. The molecule has 3 heterocycles. The monoisotopic (exact) mass is 336 g/mol. The van der Waals surface area contributed by atoms with E-state index in [9.17, 15) is 4.39 Å². The number of ether oxygens (including phenoxy) is 1. The molecule has 0 radical (unpaired) electrons. The van der Waals surface area contributed by atoms with E-state index in [2.05, 4.69) is 27.8 Å². The van der Waals surface area contributed by atoms with Crippen LogP contribution in [0.2, 0.25) is 5.15 Å². The van der Waals surface area contributed by atoms with Crippen molar-refractivity contribution < 1.29 is 9.13 Å². The van der Waals surface area contributed by atoms with Crippen LogP contribution in [-0.4, -0.2) is 36.2 Å². The Morgan fingerprint density at radius 3 is 2.91 bits per heavy atom. The Morgan fingerprint density at radius 2 is 2.14 bits per heavy atom. The average molecular weight is 337 g/mol. The molecule has 1 aliphatic rings. The summed E-state index contributed by atoms with van der Waals surface area (Å²) in [6.45, 7) is 4.41. The van der Waals surface area contributed by atoms with Crippen LogP contribution in [0.3, 0.4) is 0 Å². The van der Waals surface area contributed by atoms with Crippen molar-refractivity contribution in [2.45, 2.75) is 6.54 Å². The largest absolute Gasteiger partial charge is 0.379 e. The standard InChI is InChI=1S/C16H14ClFN2OS/c17-16-9-15(18)12(10-19-16)1-2-13-3-4-14(22-13)11-20-5-7-21-8-6-20/h3-4,9-10H,5-8,11H2. The minimum Gasteiger partial charge on any atom is -0.379 e. The van der Waals surface area contributed by atoms with Gasteiger partial charge in [-0.2, -0.15) is 0 Å². The maximum atomic E-state index is 13.6. The van der Waals surface area contributed by atoms with E-state index in [0.29, 0.717) is 0 Å². The summed E-state index contributed by atoms with van der Waals surface area (Å²) in [6, 6.07) is 5.21. The predicted octanol–water partition coefficient (Wildman–Crippen LogP) is 3.17. The number of rotatable bonds is 2. The lowest BCUT2D eigenvalue weighted by Crippen LogP contribution is -2.35. The Balaban J connectivity index is 1.68. The van der Waals surface area contributed by atoms with E-state index in [1.165, 1.54) is 17.1 Å². The van der Waals surface area contributed by atoms with Crippen LogP contribution < -0.4 is 0 Å². The molecule has 0 saturated carbocycles. The Hall–Kier alpha value is -1.45. The molecule has 0 amide bonds. The molecule has 3 rings (SSSR count). The maximum absolute atomic E-state index is 13.6. The molecule has 0 N–H and O–H groups in total. The van der Waals surface area contributed by atoms with Crippen molar-refractivity contribution >= 4 is 22.9 Å². The van der Waals surface area contributed by atoms with Gasteiger partial charge in [-0.1, -0.05) is 23.4 Å². The molecule has 0 atom stereocenters. The van der Waals surface area contributed by atoms with E-state index < -0.39 is 5.82 Å². The van der Waals surface area contributed by atoms with E-state index in [0.717, 1.165) is 37.7 Å². The molecule has 0 unspecified atom stereocenters. The van der Waals surface area contributed by atoms with Crippen LogP contribution in [0.15, 0.2) is 24.4 Å². The van der Waals surface area contributed by atoms with E-state index in [4.69, 9.17) is 16.3 Å². The zero-order valence-electron chi connectivity index (χ0n) is 11.8. The zero-order valence-corrected chi connectivity index (χ0v) is 13.4. The summed E-state index contributed by atoms with van der Waals surface area (Å²) >= 11 is 7.25. The highest BCUT2D eigenvalue weighted by atomic mass is 35.5. The van der Waals surface area contributed by atoms with Gasteiger partial charge in [-0.05, 0) is 12.1 Å². The highest BCUT2D eigenvalue weighted by molar-refractivity contribution is 7.12. The molecule has 0 aromatic carbocycles. The number of thiophene rings is 1. The van der Waals surface area contributed by atoms with E-state index >= 15 is 0 Å². The third-order valence-electron chi connectivity index (χ3n) is 3.29. The number of morpholine rings is 1. The first kappa shape index (κ1) is 15.4. The molecule has 1 fully saturated rings. The predicted molar refractivity (Wildman–Crippen MR) is 85.6 cm³/mol. The Morgan fingerprint density at radius 1 is 1.32 bits per heavy atom. The number of hydrogen-bond donors (Lipinski definition) is 0. The molecular formula is C16H14ClFN2OS. The second-order valence-electron chi connectivity index (χ2n) is 4.89. The van der Waals surface area contributed by atoms with Crippen LogP contribution in [0.25, 0.3) is 0 Å². The normalized spacial score (nSPS) is 15.4. The smallest absolute Gasteiger partial charge is 0.143 e. The number of aromatic nitrogens is 1. The van der Waals surface area contributed by atoms with Crippen molar-refractivity contribution in [3.05, 3.63) is 50.7 Å². The number of pyridine rings is 1. The lowest BCUT2D eigenvalue weighted by Gasteiger charge is -2.25. The quantitative estimate of drug-likeness (QED) is 0.622. The van der Waals surface area contributed by atoms with Gasteiger partial charge < -0.3 is 4.74 Å². The van der Waals surface area contributed by atoms with Gasteiger partial charge in [0.15, 0.2) is 0 Å². The molecule has 6 heteroatoms. The van der Waals surface area contributed by atoms with Gasteiger partial charge in [0.1, 0.15) is 11.0 Å². The fourth-order valence-corrected chi connectivity index (χ4v) is 3.19. The second kappa shape index (κ2) is 7.21. The van der Waals surface area contributed by atoms with E-state index in [-0.39, 0.29) is 10.7 Å². The summed E-state index contributed by atoms with van der Waals surface area (Å²) in [4.78, 5) is 8.36. The van der Waals surface area contributed by atoms with Gasteiger partial charge in [0, 0.05) is 36.8 Å². The Labute approximate surface area is 137 Å². The molecule has 1 saturated heterocycles. The maximum Gasteiger partial charge on any atom is 0.143 e.